The molecule has 64 valence electrons. The molecule has 0 fully saturated rings. The maximum absolute atomic E-state index is 5.09. The number of rotatable bonds is 0. The SMILES string of the molecule is CC.Cc1ccnc2occc12. The van der Waals surface area contributed by atoms with E-state index in [1.165, 1.54) is 5.56 Å². The monoisotopic (exact) mass is 163 g/mol. The lowest BCUT2D eigenvalue weighted by Crippen LogP contribution is -1.74. The summed E-state index contributed by atoms with van der Waals surface area (Å²) >= 11 is 0. The molecule has 0 aliphatic carbocycles. The minimum atomic E-state index is 0.722. The molecule has 2 aromatic heterocycles. The summed E-state index contributed by atoms with van der Waals surface area (Å²) in [6.45, 7) is 6.04. The van der Waals surface area contributed by atoms with Gasteiger partial charge in [0.1, 0.15) is 0 Å². The largest absolute Gasteiger partial charge is 0.446 e. The number of hydrogen-bond donors (Lipinski definition) is 0. The second-order valence-electron chi connectivity index (χ2n) is 2.27. The van der Waals surface area contributed by atoms with Gasteiger partial charge in [0.05, 0.1) is 6.26 Å². The Balaban J connectivity index is 0.000000336. The fourth-order valence-electron chi connectivity index (χ4n) is 1.01. The maximum Gasteiger partial charge on any atom is 0.226 e. The summed E-state index contributed by atoms with van der Waals surface area (Å²) in [7, 11) is 0. The summed E-state index contributed by atoms with van der Waals surface area (Å²) in [5.41, 5.74) is 1.93. The van der Waals surface area contributed by atoms with Crippen molar-refractivity contribution in [3.8, 4) is 0 Å². The number of hydrogen-bond acceptors (Lipinski definition) is 2. The lowest BCUT2D eigenvalue weighted by Gasteiger charge is -1.89. The zero-order valence-corrected chi connectivity index (χ0v) is 7.66. The Labute approximate surface area is 72.2 Å². The van der Waals surface area contributed by atoms with Crippen molar-refractivity contribution >= 4 is 11.1 Å². The molecule has 2 aromatic rings. The number of nitrogens with zero attached hydrogens (tertiary/aromatic N) is 1. The topological polar surface area (TPSA) is 26.0 Å². The van der Waals surface area contributed by atoms with E-state index < -0.39 is 0 Å². The number of aromatic nitrogens is 1. The van der Waals surface area contributed by atoms with Crippen molar-refractivity contribution in [1.82, 2.24) is 4.98 Å². The molecule has 0 saturated carbocycles. The Kier molecular flexibility index (Phi) is 2.86. The van der Waals surface area contributed by atoms with Gasteiger partial charge in [-0.3, -0.25) is 0 Å². The van der Waals surface area contributed by atoms with Gasteiger partial charge in [-0.1, -0.05) is 13.8 Å². The number of fused-ring (bicyclic) bond motifs is 1. The smallest absolute Gasteiger partial charge is 0.226 e. The Hall–Kier alpha value is -1.31. The predicted octanol–water partition coefficient (Wildman–Crippen LogP) is 3.16. The summed E-state index contributed by atoms with van der Waals surface area (Å²) in [6, 6.07) is 3.90. The van der Waals surface area contributed by atoms with Gasteiger partial charge in [-0.25, -0.2) is 4.98 Å². The van der Waals surface area contributed by atoms with Crippen LogP contribution in [0.2, 0.25) is 0 Å². The van der Waals surface area contributed by atoms with Crippen molar-refractivity contribution in [2.45, 2.75) is 20.8 Å². The Bertz CT molecular complexity index is 351. The number of pyridine rings is 1. The first-order valence-electron chi connectivity index (χ1n) is 4.17. The molecule has 0 radical (unpaired) electrons. The van der Waals surface area contributed by atoms with Crippen LogP contribution < -0.4 is 0 Å². The van der Waals surface area contributed by atoms with Crippen molar-refractivity contribution in [1.29, 1.82) is 0 Å². The third-order valence-electron chi connectivity index (χ3n) is 1.59. The minimum absolute atomic E-state index is 0.722. The van der Waals surface area contributed by atoms with E-state index in [1.807, 2.05) is 32.9 Å². The highest BCUT2D eigenvalue weighted by molar-refractivity contribution is 5.76. The van der Waals surface area contributed by atoms with Gasteiger partial charge in [-0.15, -0.1) is 0 Å². The molecule has 0 saturated heterocycles. The van der Waals surface area contributed by atoms with Crippen LogP contribution in [-0.4, -0.2) is 4.98 Å². The summed E-state index contributed by atoms with van der Waals surface area (Å²) in [4.78, 5) is 4.04. The van der Waals surface area contributed by atoms with Crippen LogP contribution in [0, 0.1) is 6.92 Å². The molecule has 2 nitrogen and oxygen atoms in total. The van der Waals surface area contributed by atoms with Gasteiger partial charge < -0.3 is 4.42 Å². The van der Waals surface area contributed by atoms with E-state index in [4.69, 9.17) is 4.42 Å². The van der Waals surface area contributed by atoms with Gasteiger partial charge in [0.2, 0.25) is 5.71 Å². The van der Waals surface area contributed by atoms with Crippen LogP contribution in [0.3, 0.4) is 0 Å². The molecule has 2 heterocycles. The number of furan rings is 1. The van der Waals surface area contributed by atoms with Crippen molar-refractivity contribution in [2.24, 2.45) is 0 Å². The van der Waals surface area contributed by atoms with Gasteiger partial charge in [0.25, 0.3) is 0 Å². The van der Waals surface area contributed by atoms with Crippen molar-refractivity contribution in [3.05, 3.63) is 30.2 Å². The Morgan fingerprint density at radius 3 is 2.67 bits per heavy atom. The lowest BCUT2D eigenvalue weighted by molar-refractivity contribution is 0.603. The van der Waals surface area contributed by atoms with E-state index in [1.54, 1.807) is 12.5 Å². The molecule has 0 spiro atoms. The van der Waals surface area contributed by atoms with Crippen LogP contribution in [0.1, 0.15) is 19.4 Å². The zero-order valence-electron chi connectivity index (χ0n) is 7.66. The van der Waals surface area contributed by atoms with E-state index in [0.29, 0.717) is 0 Å². The van der Waals surface area contributed by atoms with Crippen molar-refractivity contribution in [3.63, 3.8) is 0 Å². The minimum Gasteiger partial charge on any atom is -0.446 e. The molecule has 2 heteroatoms. The third-order valence-corrected chi connectivity index (χ3v) is 1.59. The van der Waals surface area contributed by atoms with Gasteiger partial charge in [0.15, 0.2) is 0 Å². The molecular formula is C10H13NO. The molecule has 0 N–H and O–H groups in total. The third kappa shape index (κ3) is 1.47. The zero-order chi connectivity index (χ0) is 8.97. The normalized spacial score (nSPS) is 9.25. The van der Waals surface area contributed by atoms with Crippen LogP contribution in [0.5, 0.6) is 0 Å². The average molecular weight is 163 g/mol. The predicted molar refractivity (Wildman–Crippen MR) is 50.1 cm³/mol. The van der Waals surface area contributed by atoms with E-state index in [9.17, 15) is 0 Å². The molecule has 0 unspecified atom stereocenters. The fraction of sp³-hybridized carbons (Fsp3) is 0.300. The second-order valence-corrected chi connectivity index (χ2v) is 2.27. The van der Waals surface area contributed by atoms with E-state index >= 15 is 0 Å². The molecule has 0 aliphatic heterocycles. The lowest BCUT2D eigenvalue weighted by atomic mass is 10.2. The summed E-state index contributed by atoms with van der Waals surface area (Å²) in [5, 5.41) is 1.10. The van der Waals surface area contributed by atoms with Crippen LogP contribution >= 0.6 is 0 Å². The van der Waals surface area contributed by atoms with E-state index in [-0.39, 0.29) is 0 Å². The van der Waals surface area contributed by atoms with Crippen LogP contribution in [0.4, 0.5) is 0 Å². The van der Waals surface area contributed by atoms with Gasteiger partial charge in [-0.05, 0) is 24.6 Å². The molecular weight excluding hydrogens is 150 g/mol. The Morgan fingerprint density at radius 1 is 1.25 bits per heavy atom. The maximum atomic E-state index is 5.09. The van der Waals surface area contributed by atoms with Gasteiger partial charge in [0, 0.05) is 11.6 Å². The molecule has 0 aliphatic rings. The Morgan fingerprint density at radius 2 is 2.00 bits per heavy atom. The average Bonchev–Trinajstić information content (AvgIpc) is 2.57. The first-order valence-corrected chi connectivity index (χ1v) is 4.17. The first kappa shape index (κ1) is 8.78. The summed E-state index contributed by atoms with van der Waals surface area (Å²) in [5.74, 6) is 0. The van der Waals surface area contributed by atoms with Crippen LogP contribution in [-0.2, 0) is 0 Å². The first-order chi connectivity index (χ1) is 5.88. The standard InChI is InChI=1S/C8H7NO.C2H6/c1-6-2-4-9-8-7(6)3-5-10-8;1-2/h2-5H,1H3;1-2H3. The van der Waals surface area contributed by atoms with Crippen molar-refractivity contribution in [2.75, 3.05) is 0 Å². The molecule has 0 amide bonds. The fourth-order valence-corrected chi connectivity index (χ4v) is 1.01. The van der Waals surface area contributed by atoms with Gasteiger partial charge in [-0.2, -0.15) is 0 Å². The van der Waals surface area contributed by atoms with E-state index in [0.717, 1.165) is 11.1 Å². The number of aryl methyl sites for hydroxylation is 1. The summed E-state index contributed by atoms with van der Waals surface area (Å²) < 4.78 is 5.09. The quantitative estimate of drug-likeness (QED) is 0.596. The highest BCUT2D eigenvalue weighted by atomic mass is 16.3. The summed E-state index contributed by atoms with van der Waals surface area (Å²) in [6.07, 6.45) is 3.41. The molecule has 0 atom stereocenters. The second kappa shape index (κ2) is 3.90. The van der Waals surface area contributed by atoms with E-state index in [2.05, 4.69) is 4.98 Å². The molecule has 0 aromatic carbocycles. The van der Waals surface area contributed by atoms with Gasteiger partial charge >= 0.3 is 0 Å². The van der Waals surface area contributed by atoms with Crippen LogP contribution in [0.15, 0.2) is 29.0 Å². The molecule has 2 rings (SSSR count). The van der Waals surface area contributed by atoms with Crippen LogP contribution in [0.25, 0.3) is 11.1 Å². The van der Waals surface area contributed by atoms with Crippen molar-refractivity contribution < 1.29 is 4.42 Å². The molecule has 0 bridgehead atoms. The highest BCUT2D eigenvalue weighted by Crippen LogP contribution is 2.15. The molecule has 12 heavy (non-hydrogen) atoms. The highest BCUT2D eigenvalue weighted by Gasteiger charge is 1.97.